The number of imidazole rings is 1. The van der Waals surface area contributed by atoms with Gasteiger partial charge in [0.15, 0.2) is 11.2 Å². The first-order valence-corrected chi connectivity index (χ1v) is 8.90. The molecule has 0 bridgehead atoms. The summed E-state index contributed by atoms with van der Waals surface area (Å²) in [6.45, 7) is 0.793. The lowest BCUT2D eigenvalue weighted by Crippen LogP contribution is -2.19. The van der Waals surface area contributed by atoms with Gasteiger partial charge in [-0.15, -0.1) is 0 Å². The Hall–Kier alpha value is -2.53. The van der Waals surface area contributed by atoms with E-state index in [9.17, 15) is 14.2 Å². The van der Waals surface area contributed by atoms with Gasteiger partial charge in [0.25, 0.3) is 5.56 Å². The van der Waals surface area contributed by atoms with Crippen LogP contribution in [0, 0.1) is 5.41 Å². The molecule has 26 heavy (non-hydrogen) atoms. The molecule has 12 nitrogen and oxygen atoms in total. The summed E-state index contributed by atoms with van der Waals surface area (Å²) < 4.78 is 22.0. The largest absolute Gasteiger partial charge is 0.469 e. The lowest BCUT2D eigenvalue weighted by Gasteiger charge is -2.15. The number of nitrogens with two attached hydrogens (primary N) is 1. The van der Waals surface area contributed by atoms with Crippen molar-refractivity contribution in [2.75, 3.05) is 18.9 Å². The Balaban J connectivity index is 1.91. The van der Waals surface area contributed by atoms with Crippen molar-refractivity contribution in [3.63, 3.8) is 0 Å². The molecule has 1 aliphatic carbocycles. The van der Waals surface area contributed by atoms with Crippen LogP contribution in [0.1, 0.15) is 13.3 Å². The van der Waals surface area contributed by atoms with Gasteiger partial charge in [0.1, 0.15) is 12.9 Å². The number of nitrogens with zero attached hydrogens (tertiary/aromatic N) is 3. The highest BCUT2D eigenvalue weighted by molar-refractivity contribution is 7.46. The van der Waals surface area contributed by atoms with Crippen molar-refractivity contribution < 1.29 is 28.4 Å². The van der Waals surface area contributed by atoms with Gasteiger partial charge < -0.3 is 20.3 Å². The van der Waals surface area contributed by atoms with Gasteiger partial charge in [-0.2, -0.15) is 4.98 Å². The number of ether oxygens (including phenoxy) is 1. The molecular weight excluding hydrogens is 369 g/mol. The lowest BCUT2D eigenvalue weighted by molar-refractivity contribution is -0.142. The van der Waals surface area contributed by atoms with Crippen molar-refractivity contribution in [3.05, 3.63) is 22.3 Å². The topological polar surface area (TPSA) is 183 Å². The number of aromatic nitrogens is 4. The van der Waals surface area contributed by atoms with Gasteiger partial charge in [-0.1, -0.05) is 0 Å². The minimum atomic E-state index is -4.68. The third-order valence-electron chi connectivity index (χ3n) is 3.89. The number of rotatable bonds is 6. The molecule has 2 aromatic heterocycles. The van der Waals surface area contributed by atoms with E-state index in [-0.39, 0.29) is 30.3 Å². The first kappa shape index (κ1) is 18.3. The first-order valence-electron chi connectivity index (χ1n) is 7.37. The number of hydrogen-bond acceptors (Lipinski definition) is 8. The van der Waals surface area contributed by atoms with Gasteiger partial charge >= 0.3 is 13.8 Å². The number of phosphoric ester groups is 1. The molecule has 140 valence electrons. The molecule has 0 radical (unpaired) electrons. The highest BCUT2D eigenvalue weighted by atomic mass is 31.2. The number of carbonyl (C=O) groups excluding carboxylic acids is 1. The second-order valence-electron chi connectivity index (χ2n) is 5.93. The second-order valence-corrected chi connectivity index (χ2v) is 7.17. The number of carbonyl (C=O) groups is 1. The van der Waals surface area contributed by atoms with Crippen molar-refractivity contribution >= 4 is 37.1 Å². The number of hydrogen-bond donors (Lipinski definition) is 4. The van der Waals surface area contributed by atoms with E-state index in [0.717, 1.165) is 0 Å². The molecule has 13 heteroatoms. The summed E-state index contributed by atoms with van der Waals surface area (Å²) in [5.74, 6) is -0.602. The summed E-state index contributed by atoms with van der Waals surface area (Å²) in [5, 5.41) is 0. The Morgan fingerprint density at radius 2 is 2.27 bits per heavy atom. The van der Waals surface area contributed by atoms with Crippen molar-refractivity contribution in [1.82, 2.24) is 19.5 Å². The van der Waals surface area contributed by atoms with Crippen LogP contribution >= 0.6 is 7.82 Å². The third kappa shape index (κ3) is 3.83. The maximum atomic E-state index is 11.8. The average molecular weight is 385 g/mol. The molecule has 1 fully saturated rings. The normalized spacial score (nSPS) is 21.3. The Morgan fingerprint density at radius 1 is 1.54 bits per heavy atom. The summed E-state index contributed by atoms with van der Waals surface area (Å²) in [6, 6.07) is 0. The lowest BCUT2D eigenvalue weighted by atomic mass is 10.1. The van der Waals surface area contributed by atoms with Crippen LogP contribution in [-0.4, -0.2) is 48.5 Å². The number of anilines is 1. The molecule has 1 aliphatic rings. The van der Waals surface area contributed by atoms with Crippen LogP contribution in [0.2, 0.25) is 0 Å². The summed E-state index contributed by atoms with van der Waals surface area (Å²) in [4.78, 5) is 51.0. The minimum Gasteiger partial charge on any atom is -0.465 e. The molecule has 1 unspecified atom stereocenters. The summed E-state index contributed by atoms with van der Waals surface area (Å²) in [6.07, 6.45) is 3.32. The van der Waals surface area contributed by atoms with E-state index in [0.29, 0.717) is 12.0 Å². The number of nitrogen functional groups attached to an aromatic ring is 1. The van der Waals surface area contributed by atoms with Gasteiger partial charge in [0.05, 0.1) is 12.0 Å². The van der Waals surface area contributed by atoms with Crippen LogP contribution in [0.3, 0.4) is 0 Å². The Labute approximate surface area is 145 Å². The fourth-order valence-electron chi connectivity index (χ4n) is 2.48. The molecule has 1 atom stereocenters. The molecule has 0 aliphatic heterocycles. The zero-order valence-corrected chi connectivity index (χ0v) is 14.5. The van der Waals surface area contributed by atoms with Gasteiger partial charge in [-0.3, -0.25) is 23.7 Å². The molecule has 2 heterocycles. The van der Waals surface area contributed by atoms with E-state index < -0.39 is 24.8 Å². The van der Waals surface area contributed by atoms with Gasteiger partial charge in [0.2, 0.25) is 5.95 Å². The number of nitrogens with one attached hydrogen (secondary N) is 1. The van der Waals surface area contributed by atoms with E-state index >= 15 is 0 Å². The average Bonchev–Trinajstić information content (AvgIpc) is 3.05. The highest BCUT2D eigenvalue weighted by Crippen LogP contribution is 2.55. The summed E-state index contributed by atoms with van der Waals surface area (Å²) in [7, 11) is -4.68. The molecule has 0 spiro atoms. The predicted molar refractivity (Wildman–Crippen MR) is 88.5 cm³/mol. The van der Waals surface area contributed by atoms with Crippen LogP contribution in [0.4, 0.5) is 5.95 Å². The molecule has 1 saturated carbocycles. The Morgan fingerprint density at radius 3 is 2.92 bits per heavy atom. The fraction of sp³-hybridized carbons (Fsp3) is 0.385. The van der Waals surface area contributed by atoms with E-state index in [1.807, 2.05) is 0 Å². The van der Waals surface area contributed by atoms with Gasteiger partial charge in [0, 0.05) is 13.1 Å². The van der Waals surface area contributed by atoms with Crippen molar-refractivity contribution in [2.24, 2.45) is 5.41 Å². The molecule has 0 aromatic carbocycles. The number of aromatic amines is 1. The maximum Gasteiger partial charge on any atom is 0.469 e. The molecule has 3 rings (SSSR count). The van der Waals surface area contributed by atoms with E-state index in [1.165, 1.54) is 17.8 Å². The van der Waals surface area contributed by atoms with Crippen LogP contribution in [0.5, 0.6) is 0 Å². The van der Waals surface area contributed by atoms with Crippen LogP contribution in [0.25, 0.3) is 17.4 Å². The molecule has 0 saturated heterocycles. The number of H-pyrrole nitrogens is 1. The Bertz CT molecular complexity index is 1010. The predicted octanol–water partition coefficient (Wildman–Crippen LogP) is -0.395. The third-order valence-corrected chi connectivity index (χ3v) is 4.36. The maximum absolute atomic E-state index is 11.8. The number of phosphoric acid groups is 1. The summed E-state index contributed by atoms with van der Waals surface area (Å²) >= 11 is 0. The number of fused-ring (bicyclic) bond motifs is 1. The SMILES string of the molecule is CC(=O)OCC1(COP(=O)(O)O)C/C1=C\n1cnc2c(=O)[nH]c(N)nc21. The second kappa shape index (κ2) is 6.32. The molecular formula is C13H16N5O7P. The van der Waals surface area contributed by atoms with Crippen molar-refractivity contribution in [3.8, 4) is 0 Å². The molecule has 2 aromatic rings. The van der Waals surface area contributed by atoms with Gasteiger partial charge in [-0.25, -0.2) is 9.55 Å². The molecule has 0 amide bonds. The van der Waals surface area contributed by atoms with Crippen molar-refractivity contribution in [2.45, 2.75) is 13.3 Å². The zero-order chi connectivity index (χ0) is 19.1. The Kier molecular flexibility index (Phi) is 4.44. The minimum absolute atomic E-state index is 0.0746. The highest BCUT2D eigenvalue weighted by Gasteiger charge is 2.51. The standard InChI is InChI=1S/C13H16N5O7P/c1-7(19)24-4-13(5-25-26(21,22)23)2-8(13)3-18-6-15-9-10(18)16-12(14)17-11(9)20/h3,6H,2,4-5H2,1H3,(H2,21,22,23)(H3,14,16,17,20)/b8-3+. The smallest absolute Gasteiger partial charge is 0.465 e. The van der Waals surface area contributed by atoms with E-state index in [4.69, 9.17) is 20.3 Å². The monoisotopic (exact) mass is 385 g/mol. The zero-order valence-electron chi connectivity index (χ0n) is 13.6. The first-order chi connectivity index (χ1) is 12.1. The van der Waals surface area contributed by atoms with Crippen LogP contribution in [-0.2, 0) is 18.6 Å². The summed E-state index contributed by atoms with van der Waals surface area (Å²) in [5.41, 5.74) is 5.19. The van der Waals surface area contributed by atoms with E-state index in [1.54, 1.807) is 6.20 Å². The van der Waals surface area contributed by atoms with Crippen LogP contribution in [0.15, 0.2) is 16.7 Å². The van der Waals surface area contributed by atoms with Crippen molar-refractivity contribution in [1.29, 1.82) is 0 Å². The quantitative estimate of drug-likeness (QED) is 0.377. The van der Waals surface area contributed by atoms with E-state index in [2.05, 4.69) is 19.5 Å². The molecule has 5 N–H and O–H groups in total. The van der Waals surface area contributed by atoms with Gasteiger partial charge in [-0.05, 0) is 12.0 Å². The fourth-order valence-corrected chi connectivity index (χ4v) is 2.90. The number of esters is 1. The van der Waals surface area contributed by atoms with Crippen LogP contribution < -0.4 is 11.3 Å².